The first-order valence-corrected chi connectivity index (χ1v) is 13.3. The molecule has 0 saturated carbocycles. The standard InChI is InChI=1S/C25H33N3O5S/c1-32-22-13-12-20(34(30,31)28-15-5-3-4-6-16-28)17-21(22)26-24(29)18-27-14-8-10-19-9-7-11-23(33-2)25(19)27/h7,9,11-13,17H,3-6,8,10,14-16,18H2,1-2H3,(H,26,29). The molecule has 9 heteroatoms. The van der Waals surface area contributed by atoms with Gasteiger partial charge in [-0.25, -0.2) is 8.42 Å². The van der Waals surface area contributed by atoms with E-state index >= 15 is 0 Å². The molecule has 1 amide bonds. The molecule has 0 aliphatic carbocycles. The number of benzene rings is 2. The van der Waals surface area contributed by atoms with Crippen molar-refractivity contribution in [1.29, 1.82) is 0 Å². The van der Waals surface area contributed by atoms with Crippen LogP contribution in [0.15, 0.2) is 41.3 Å². The molecule has 0 unspecified atom stereocenters. The third kappa shape index (κ3) is 5.15. The highest BCUT2D eigenvalue weighted by molar-refractivity contribution is 7.89. The topological polar surface area (TPSA) is 88.2 Å². The fourth-order valence-electron chi connectivity index (χ4n) is 4.76. The molecule has 2 aliphatic rings. The van der Waals surface area contributed by atoms with Gasteiger partial charge in [0.1, 0.15) is 11.5 Å². The Kier molecular flexibility index (Phi) is 7.63. The van der Waals surface area contributed by atoms with E-state index in [0.29, 0.717) is 24.5 Å². The van der Waals surface area contributed by atoms with Crippen LogP contribution in [0.25, 0.3) is 0 Å². The predicted octanol–water partition coefficient (Wildman–Crippen LogP) is 3.66. The smallest absolute Gasteiger partial charge is 0.243 e. The lowest BCUT2D eigenvalue weighted by atomic mass is 10.0. The molecule has 1 N–H and O–H groups in total. The van der Waals surface area contributed by atoms with Crippen LogP contribution in [0.2, 0.25) is 0 Å². The van der Waals surface area contributed by atoms with E-state index in [1.807, 2.05) is 17.0 Å². The molecule has 0 atom stereocenters. The van der Waals surface area contributed by atoms with Crippen molar-refractivity contribution in [1.82, 2.24) is 4.31 Å². The van der Waals surface area contributed by atoms with Crippen molar-refractivity contribution in [3.63, 3.8) is 0 Å². The van der Waals surface area contributed by atoms with E-state index in [4.69, 9.17) is 9.47 Å². The van der Waals surface area contributed by atoms with E-state index in [1.165, 1.54) is 13.2 Å². The molecule has 0 spiro atoms. The number of carbonyl (C=O) groups is 1. The summed E-state index contributed by atoms with van der Waals surface area (Å²) in [6, 6.07) is 10.6. The van der Waals surface area contributed by atoms with Gasteiger partial charge in [-0.05, 0) is 55.5 Å². The number of nitrogens with zero attached hydrogens (tertiary/aromatic N) is 2. The van der Waals surface area contributed by atoms with Crippen molar-refractivity contribution in [3.05, 3.63) is 42.0 Å². The molecule has 2 aromatic rings. The van der Waals surface area contributed by atoms with Gasteiger partial charge in [0.15, 0.2) is 0 Å². The molecular weight excluding hydrogens is 454 g/mol. The molecular formula is C25H33N3O5S. The number of rotatable bonds is 7. The van der Waals surface area contributed by atoms with Gasteiger partial charge in [0.2, 0.25) is 15.9 Å². The van der Waals surface area contributed by atoms with Crippen LogP contribution in [0, 0.1) is 0 Å². The molecule has 0 bridgehead atoms. The third-order valence-electron chi connectivity index (χ3n) is 6.48. The number of hydrogen-bond donors (Lipinski definition) is 1. The lowest BCUT2D eigenvalue weighted by Crippen LogP contribution is -2.37. The number of sulfonamides is 1. The molecule has 8 nitrogen and oxygen atoms in total. The van der Waals surface area contributed by atoms with E-state index in [9.17, 15) is 13.2 Å². The van der Waals surface area contributed by atoms with Gasteiger partial charge in [0, 0.05) is 19.6 Å². The van der Waals surface area contributed by atoms with Crippen LogP contribution in [0.1, 0.15) is 37.7 Å². The Morgan fingerprint density at radius 3 is 2.38 bits per heavy atom. The first-order chi connectivity index (χ1) is 16.4. The molecule has 184 valence electrons. The summed E-state index contributed by atoms with van der Waals surface area (Å²) < 4.78 is 39.0. The van der Waals surface area contributed by atoms with Gasteiger partial charge in [0.25, 0.3) is 0 Å². The summed E-state index contributed by atoms with van der Waals surface area (Å²) in [7, 11) is -0.517. The number of para-hydroxylation sites is 1. The fourth-order valence-corrected chi connectivity index (χ4v) is 6.31. The highest BCUT2D eigenvalue weighted by Gasteiger charge is 2.27. The minimum Gasteiger partial charge on any atom is -0.495 e. The summed E-state index contributed by atoms with van der Waals surface area (Å²) in [5.41, 5.74) is 2.44. The summed E-state index contributed by atoms with van der Waals surface area (Å²) in [5.74, 6) is 0.911. The number of amides is 1. The Hall–Kier alpha value is -2.78. The SMILES string of the molecule is COc1ccc(S(=O)(=O)N2CCCCCC2)cc1NC(=O)CN1CCCc2cccc(OC)c21. The Morgan fingerprint density at radius 2 is 1.68 bits per heavy atom. The van der Waals surface area contributed by atoms with E-state index in [1.54, 1.807) is 23.5 Å². The van der Waals surface area contributed by atoms with Crippen molar-refractivity contribution in [2.24, 2.45) is 0 Å². The van der Waals surface area contributed by atoms with Gasteiger partial charge in [-0.15, -0.1) is 0 Å². The second kappa shape index (κ2) is 10.7. The fraction of sp³-hybridized carbons (Fsp3) is 0.480. The van der Waals surface area contributed by atoms with Crippen molar-refractivity contribution < 1.29 is 22.7 Å². The first-order valence-electron chi connectivity index (χ1n) is 11.8. The maximum atomic E-state index is 13.3. The minimum atomic E-state index is -3.65. The monoisotopic (exact) mass is 487 g/mol. The van der Waals surface area contributed by atoms with Gasteiger partial charge in [-0.3, -0.25) is 4.79 Å². The zero-order valence-corrected chi connectivity index (χ0v) is 20.7. The zero-order chi connectivity index (χ0) is 24.1. The minimum absolute atomic E-state index is 0.125. The second-order valence-corrected chi connectivity index (χ2v) is 10.7. The second-order valence-electron chi connectivity index (χ2n) is 8.72. The average molecular weight is 488 g/mol. The number of fused-ring (bicyclic) bond motifs is 1. The number of carbonyl (C=O) groups excluding carboxylic acids is 1. The van der Waals surface area contributed by atoms with E-state index in [-0.39, 0.29) is 17.3 Å². The summed E-state index contributed by atoms with van der Waals surface area (Å²) in [4.78, 5) is 15.2. The van der Waals surface area contributed by atoms with Gasteiger partial charge < -0.3 is 19.7 Å². The highest BCUT2D eigenvalue weighted by Crippen LogP contribution is 2.36. The average Bonchev–Trinajstić information content (AvgIpc) is 3.14. The lowest BCUT2D eigenvalue weighted by molar-refractivity contribution is -0.115. The molecule has 0 radical (unpaired) electrons. The maximum Gasteiger partial charge on any atom is 0.243 e. The van der Waals surface area contributed by atoms with Gasteiger partial charge in [-0.2, -0.15) is 4.31 Å². The van der Waals surface area contributed by atoms with Gasteiger partial charge in [-0.1, -0.05) is 25.0 Å². The Labute approximate surface area is 201 Å². The normalized spacial score (nSPS) is 16.9. The van der Waals surface area contributed by atoms with Crippen molar-refractivity contribution in [2.45, 2.75) is 43.4 Å². The summed E-state index contributed by atoms with van der Waals surface area (Å²) in [5, 5.41) is 2.88. The molecule has 2 heterocycles. The highest BCUT2D eigenvalue weighted by atomic mass is 32.2. The van der Waals surface area contributed by atoms with Crippen LogP contribution in [-0.2, 0) is 21.2 Å². The first kappa shape index (κ1) is 24.3. The largest absolute Gasteiger partial charge is 0.495 e. The lowest BCUT2D eigenvalue weighted by Gasteiger charge is -2.32. The molecule has 2 aliphatic heterocycles. The summed E-state index contributed by atoms with van der Waals surface area (Å²) >= 11 is 0. The molecule has 2 aromatic carbocycles. The van der Waals surface area contributed by atoms with Crippen LogP contribution in [0.4, 0.5) is 11.4 Å². The van der Waals surface area contributed by atoms with Gasteiger partial charge >= 0.3 is 0 Å². The zero-order valence-electron chi connectivity index (χ0n) is 19.9. The molecule has 0 aromatic heterocycles. The summed E-state index contributed by atoms with van der Waals surface area (Å²) in [6.07, 6.45) is 5.69. The van der Waals surface area contributed by atoms with Crippen molar-refractivity contribution in [3.8, 4) is 11.5 Å². The number of nitrogens with one attached hydrogen (secondary N) is 1. The van der Waals surface area contributed by atoms with Crippen LogP contribution in [0.3, 0.4) is 0 Å². The van der Waals surface area contributed by atoms with E-state index in [2.05, 4.69) is 11.4 Å². The van der Waals surface area contributed by atoms with Crippen LogP contribution < -0.4 is 19.7 Å². The van der Waals surface area contributed by atoms with Crippen LogP contribution in [-0.4, -0.2) is 59.0 Å². The van der Waals surface area contributed by atoms with Crippen LogP contribution >= 0.6 is 0 Å². The maximum absolute atomic E-state index is 13.3. The quantitative estimate of drug-likeness (QED) is 0.641. The van der Waals surface area contributed by atoms with Crippen molar-refractivity contribution in [2.75, 3.05) is 50.6 Å². The molecule has 34 heavy (non-hydrogen) atoms. The molecule has 1 fully saturated rings. The third-order valence-corrected chi connectivity index (χ3v) is 8.37. The predicted molar refractivity (Wildman–Crippen MR) is 132 cm³/mol. The van der Waals surface area contributed by atoms with E-state index < -0.39 is 10.0 Å². The van der Waals surface area contributed by atoms with Gasteiger partial charge in [0.05, 0.1) is 37.0 Å². The van der Waals surface area contributed by atoms with Crippen molar-refractivity contribution >= 4 is 27.3 Å². The number of hydrogen-bond acceptors (Lipinski definition) is 6. The number of methoxy groups -OCH3 is 2. The van der Waals surface area contributed by atoms with Crippen LogP contribution in [0.5, 0.6) is 11.5 Å². The van der Waals surface area contributed by atoms with E-state index in [0.717, 1.165) is 62.1 Å². The number of anilines is 2. The summed E-state index contributed by atoms with van der Waals surface area (Å²) in [6.45, 7) is 1.90. The molecule has 1 saturated heterocycles. The Balaban J connectivity index is 1.55. The number of aryl methyl sites for hydroxylation is 1. The Morgan fingerprint density at radius 1 is 0.941 bits per heavy atom. The Bertz CT molecular complexity index is 1110. The molecule has 4 rings (SSSR count). The number of ether oxygens (including phenoxy) is 2.